The fourth-order valence-corrected chi connectivity index (χ4v) is 3.57. The molecule has 0 radical (unpaired) electrons. The monoisotopic (exact) mass is 385 g/mol. The van der Waals surface area contributed by atoms with E-state index in [4.69, 9.17) is 5.14 Å². The Morgan fingerprint density at radius 3 is 1.65 bits per heavy atom. The van der Waals surface area contributed by atoms with Gasteiger partial charge in [0.2, 0.25) is 10.0 Å². The van der Waals surface area contributed by atoms with Crippen molar-refractivity contribution in [3.63, 3.8) is 0 Å². The van der Waals surface area contributed by atoms with E-state index in [1.807, 2.05) is 0 Å². The summed E-state index contributed by atoms with van der Waals surface area (Å²) < 4.78 is 74.8. The van der Waals surface area contributed by atoms with Gasteiger partial charge in [-0.15, -0.1) is 0 Å². The molecule has 0 saturated heterocycles. The summed E-state index contributed by atoms with van der Waals surface area (Å²) in [7, 11) is -3.83. The van der Waals surface area contributed by atoms with Gasteiger partial charge < -0.3 is 0 Å². The normalized spacial score (nSPS) is 18.4. The van der Waals surface area contributed by atoms with Crippen LogP contribution in [0.4, 0.5) is 17.6 Å². The van der Waals surface area contributed by atoms with Crippen LogP contribution in [0.3, 0.4) is 0 Å². The van der Waals surface area contributed by atoms with Gasteiger partial charge in [0.05, 0.1) is 10.5 Å². The van der Waals surface area contributed by atoms with Crippen molar-refractivity contribution in [2.45, 2.75) is 30.1 Å². The number of rotatable bonds is 3. The highest BCUT2D eigenvalue weighted by Gasteiger charge is 2.31. The van der Waals surface area contributed by atoms with Crippen LogP contribution < -0.4 is 5.14 Å². The third-order valence-corrected chi connectivity index (χ3v) is 5.24. The van der Waals surface area contributed by atoms with E-state index in [1.165, 1.54) is 36.4 Å². The van der Waals surface area contributed by atoms with Gasteiger partial charge in [0.15, 0.2) is 0 Å². The average molecular weight is 385 g/mol. The summed E-state index contributed by atoms with van der Waals surface area (Å²) in [4.78, 5) is -0.0623. The zero-order valence-corrected chi connectivity index (χ0v) is 14.2. The van der Waals surface area contributed by atoms with Crippen molar-refractivity contribution in [2.24, 2.45) is 5.14 Å². The number of benzene rings is 2. The first-order chi connectivity index (χ1) is 12.1. The van der Waals surface area contributed by atoms with Gasteiger partial charge in [-0.2, -0.15) is 13.2 Å². The predicted octanol–water partition coefficient (Wildman–Crippen LogP) is 4.40. The fraction of sp³-hybridized carbons (Fsp3) is 0.222. The number of hydrogen-bond acceptors (Lipinski definition) is 2. The molecule has 3 nitrogen and oxygen atoms in total. The summed E-state index contributed by atoms with van der Waals surface area (Å²) in [6, 6.07) is 10.3. The van der Waals surface area contributed by atoms with Crippen LogP contribution in [-0.4, -0.2) is 14.6 Å². The van der Waals surface area contributed by atoms with E-state index >= 15 is 0 Å². The molecule has 138 valence electrons. The second kappa shape index (κ2) is 6.51. The number of allylic oxidation sites excluding steroid dienone is 2. The molecule has 3 rings (SSSR count). The molecule has 26 heavy (non-hydrogen) atoms. The summed E-state index contributed by atoms with van der Waals surface area (Å²) in [5, 5.41) is 5.06. The summed E-state index contributed by atoms with van der Waals surface area (Å²) in [6.07, 6.45) is -5.36. The number of sulfonamides is 1. The molecule has 2 aromatic carbocycles. The Balaban J connectivity index is 2.00. The molecule has 0 fully saturated rings. The molecule has 1 unspecified atom stereocenters. The lowest BCUT2D eigenvalue weighted by Gasteiger charge is -2.11. The zero-order chi connectivity index (χ0) is 19.1. The molecule has 0 heterocycles. The topological polar surface area (TPSA) is 60.2 Å². The van der Waals surface area contributed by atoms with Gasteiger partial charge >= 0.3 is 6.18 Å². The van der Waals surface area contributed by atoms with Gasteiger partial charge in [0.25, 0.3) is 0 Å². The van der Waals surface area contributed by atoms with E-state index in [-0.39, 0.29) is 17.7 Å². The molecule has 0 bridgehead atoms. The standard InChI is InChI=1S/C18H15F4NO2S/c19-14-9-16(11-1-5-13(6-2-11)18(20,21)22)17(10-14)12-3-7-15(8-4-12)26(23,24)25/h1-8,14H,9-10H2,(H2,23,24,25). The first kappa shape index (κ1) is 18.6. The molecule has 1 aliphatic rings. The first-order valence-corrected chi connectivity index (χ1v) is 9.27. The van der Waals surface area contributed by atoms with Gasteiger partial charge in [-0.25, -0.2) is 17.9 Å². The maximum atomic E-state index is 14.0. The van der Waals surface area contributed by atoms with E-state index in [0.717, 1.165) is 12.1 Å². The second-order valence-corrected chi connectivity index (χ2v) is 7.67. The third-order valence-electron chi connectivity index (χ3n) is 4.31. The highest BCUT2D eigenvalue weighted by atomic mass is 32.2. The van der Waals surface area contributed by atoms with Gasteiger partial charge in [-0.1, -0.05) is 24.3 Å². The van der Waals surface area contributed by atoms with Crippen LogP contribution in [0.15, 0.2) is 53.4 Å². The van der Waals surface area contributed by atoms with Crippen molar-refractivity contribution in [1.29, 1.82) is 0 Å². The lowest BCUT2D eigenvalue weighted by atomic mass is 9.96. The number of halogens is 4. The molecule has 0 spiro atoms. The van der Waals surface area contributed by atoms with Crippen molar-refractivity contribution in [3.8, 4) is 0 Å². The summed E-state index contributed by atoms with van der Waals surface area (Å²) in [5.41, 5.74) is 1.64. The number of alkyl halides is 4. The highest BCUT2D eigenvalue weighted by molar-refractivity contribution is 7.89. The number of hydrogen-bond donors (Lipinski definition) is 1. The molecule has 0 saturated carbocycles. The van der Waals surface area contributed by atoms with Crippen molar-refractivity contribution in [1.82, 2.24) is 0 Å². The Kier molecular flexibility index (Phi) is 4.66. The molecule has 1 aliphatic carbocycles. The molecular weight excluding hydrogens is 370 g/mol. The second-order valence-electron chi connectivity index (χ2n) is 6.11. The van der Waals surface area contributed by atoms with Crippen LogP contribution in [0, 0.1) is 0 Å². The van der Waals surface area contributed by atoms with E-state index in [0.29, 0.717) is 22.3 Å². The maximum absolute atomic E-state index is 14.0. The van der Waals surface area contributed by atoms with Crippen molar-refractivity contribution < 1.29 is 26.0 Å². The summed E-state index contributed by atoms with van der Waals surface area (Å²) in [6.45, 7) is 0. The fourth-order valence-electron chi connectivity index (χ4n) is 3.05. The Hall–Kier alpha value is -2.19. The molecular formula is C18H15F4NO2S. The Morgan fingerprint density at radius 1 is 0.846 bits per heavy atom. The Bertz CT molecular complexity index is 946. The molecule has 2 N–H and O–H groups in total. The molecule has 8 heteroatoms. The summed E-state index contributed by atoms with van der Waals surface area (Å²) >= 11 is 0. The van der Waals surface area contributed by atoms with Gasteiger partial charge in [-0.3, -0.25) is 0 Å². The lowest BCUT2D eigenvalue weighted by molar-refractivity contribution is -0.137. The number of nitrogens with two attached hydrogens (primary N) is 1. The lowest BCUT2D eigenvalue weighted by Crippen LogP contribution is -2.11. The Morgan fingerprint density at radius 2 is 1.27 bits per heavy atom. The predicted molar refractivity (Wildman–Crippen MR) is 90.2 cm³/mol. The van der Waals surface area contributed by atoms with Crippen molar-refractivity contribution >= 4 is 21.2 Å². The summed E-state index contributed by atoms with van der Waals surface area (Å²) in [5.74, 6) is 0. The van der Waals surface area contributed by atoms with E-state index in [1.54, 1.807) is 0 Å². The van der Waals surface area contributed by atoms with Crippen LogP contribution >= 0.6 is 0 Å². The first-order valence-electron chi connectivity index (χ1n) is 7.72. The highest BCUT2D eigenvalue weighted by Crippen LogP contribution is 2.42. The minimum Gasteiger partial charge on any atom is -0.247 e. The van der Waals surface area contributed by atoms with Gasteiger partial charge in [0.1, 0.15) is 6.17 Å². The Labute approximate surface area is 148 Å². The molecule has 0 aromatic heterocycles. The van der Waals surface area contributed by atoms with Crippen LogP contribution in [0.25, 0.3) is 11.1 Å². The van der Waals surface area contributed by atoms with E-state index in [2.05, 4.69) is 0 Å². The molecule has 0 aliphatic heterocycles. The smallest absolute Gasteiger partial charge is 0.247 e. The van der Waals surface area contributed by atoms with Crippen LogP contribution in [0.2, 0.25) is 0 Å². The van der Waals surface area contributed by atoms with Crippen molar-refractivity contribution in [2.75, 3.05) is 0 Å². The van der Waals surface area contributed by atoms with Gasteiger partial charge in [0, 0.05) is 12.8 Å². The average Bonchev–Trinajstić information content (AvgIpc) is 2.95. The van der Waals surface area contributed by atoms with E-state index < -0.39 is 27.9 Å². The van der Waals surface area contributed by atoms with E-state index in [9.17, 15) is 26.0 Å². The molecule has 0 amide bonds. The quantitative estimate of drug-likeness (QED) is 0.797. The minimum absolute atomic E-state index is 0.0623. The van der Waals surface area contributed by atoms with Crippen LogP contribution in [-0.2, 0) is 16.2 Å². The molecule has 1 atom stereocenters. The SMILES string of the molecule is NS(=O)(=O)c1ccc(C2=C(c3ccc(C(F)(F)F)cc3)CC(F)C2)cc1. The largest absolute Gasteiger partial charge is 0.416 e. The van der Waals surface area contributed by atoms with Crippen molar-refractivity contribution in [3.05, 3.63) is 65.2 Å². The van der Waals surface area contributed by atoms with Gasteiger partial charge in [-0.05, 0) is 46.5 Å². The van der Waals surface area contributed by atoms with Crippen LogP contribution in [0.5, 0.6) is 0 Å². The zero-order valence-electron chi connectivity index (χ0n) is 13.4. The minimum atomic E-state index is -4.43. The van der Waals surface area contributed by atoms with Crippen LogP contribution in [0.1, 0.15) is 29.5 Å². The maximum Gasteiger partial charge on any atom is 0.416 e. The molecule has 2 aromatic rings. The number of primary sulfonamides is 1. The third kappa shape index (κ3) is 3.81.